The van der Waals surface area contributed by atoms with Crippen LogP contribution in [-0.4, -0.2) is 36.3 Å². The number of halogens is 1. The van der Waals surface area contributed by atoms with Gasteiger partial charge in [-0.25, -0.2) is 8.42 Å². The lowest BCUT2D eigenvalue weighted by Crippen LogP contribution is -2.42. The topological polar surface area (TPSA) is 71.7 Å². The summed E-state index contributed by atoms with van der Waals surface area (Å²) in [6, 6.07) is 9.21. The smallest absolute Gasteiger partial charge is 0.252 e. The zero-order valence-corrected chi connectivity index (χ0v) is 20.2. The Morgan fingerprint density at radius 2 is 2.13 bits per heavy atom. The van der Waals surface area contributed by atoms with Gasteiger partial charge in [-0.3, -0.25) is 4.79 Å². The number of benzene rings is 1. The highest BCUT2D eigenvalue weighted by Crippen LogP contribution is 2.31. The fourth-order valence-electron chi connectivity index (χ4n) is 3.68. The average Bonchev–Trinajstić information content (AvgIpc) is 3.32. The van der Waals surface area contributed by atoms with Crippen molar-refractivity contribution in [1.29, 1.82) is 0 Å². The van der Waals surface area contributed by atoms with Crippen LogP contribution in [0.2, 0.25) is 4.34 Å². The minimum Gasteiger partial charge on any atom is -0.313 e. The number of allylic oxidation sites excluding steroid dienone is 1. The Balaban J connectivity index is 1.63. The van der Waals surface area contributed by atoms with Crippen LogP contribution < -0.4 is 4.80 Å². The molecule has 3 aromatic rings. The number of carbonyl (C=O) groups is 1. The van der Waals surface area contributed by atoms with E-state index < -0.39 is 15.9 Å². The number of aromatic nitrogens is 1. The summed E-state index contributed by atoms with van der Waals surface area (Å²) < 4.78 is 30.9. The molecule has 0 bridgehead atoms. The monoisotopic (exact) mass is 495 g/mol. The Bertz CT molecular complexity index is 1320. The van der Waals surface area contributed by atoms with Crippen LogP contribution >= 0.6 is 34.3 Å². The third kappa shape index (κ3) is 4.56. The zero-order valence-electron chi connectivity index (χ0n) is 17.0. The summed E-state index contributed by atoms with van der Waals surface area (Å²) in [6.45, 7) is 6.90. The van der Waals surface area contributed by atoms with E-state index in [1.165, 1.54) is 21.7 Å². The van der Waals surface area contributed by atoms with Crippen molar-refractivity contribution in [2.75, 3.05) is 13.1 Å². The number of rotatable bonds is 5. The Labute approximate surface area is 194 Å². The molecule has 0 radical (unpaired) electrons. The van der Waals surface area contributed by atoms with Crippen molar-refractivity contribution in [2.24, 2.45) is 10.9 Å². The van der Waals surface area contributed by atoms with Crippen molar-refractivity contribution in [1.82, 2.24) is 8.87 Å². The van der Waals surface area contributed by atoms with Crippen LogP contribution in [0.1, 0.15) is 18.4 Å². The van der Waals surface area contributed by atoms with Gasteiger partial charge in [0.05, 0.1) is 20.5 Å². The number of nitrogens with zero attached hydrogens (tertiary/aromatic N) is 3. The Morgan fingerprint density at radius 3 is 2.84 bits per heavy atom. The first-order valence-corrected chi connectivity index (χ1v) is 13.3. The second kappa shape index (κ2) is 8.99. The molecule has 6 nitrogen and oxygen atoms in total. The maximum Gasteiger partial charge on any atom is 0.252 e. The van der Waals surface area contributed by atoms with Crippen LogP contribution in [0.25, 0.3) is 10.2 Å². The molecule has 1 saturated heterocycles. The third-order valence-corrected chi connectivity index (χ3v) is 9.84. The predicted octanol–water partition coefficient (Wildman–Crippen LogP) is 4.44. The number of hydrogen-bond donors (Lipinski definition) is 0. The van der Waals surface area contributed by atoms with Gasteiger partial charge in [-0.05, 0) is 49.6 Å². The van der Waals surface area contributed by atoms with Gasteiger partial charge >= 0.3 is 0 Å². The number of hydrogen-bond acceptors (Lipinski definition) is 5. The number of thiophene rings is 1. The number of thiazole rings is 1. The van der Waals surface area contributed by atoms with Gasteiger partial charge in [0, 0.05) is 19.6 Å². The van der Waals surface area contributed by atoms with E-state index in [0.717, 1.165) is 27.1 Å². The van der Waals surface area contributed by atoms with E-state index in [1.54, 1.807) is 12.1 Å². The predicted molar refractivity (Wildman–Crippen MR) is 126 cm³/mol. The summed E-state index contributed by atoms with van der Waals surface area (Å²) >= 11 is 8.40. The molecule has 31 heavy (non-hydrogen) atoms. The lowest BCUT2D eigenvalue weighted by Gasteiger charge is -2.29. The van der Waals surface area contributed by atoms with E-state index in [1.807, 2.05) is 23.6 Å². The van der Waals surface area contributed by atoms with E-state index in [9.17, 15) is 13.2 Å². The number of aryl methyl sites for hydroxylation is 1. The molecular weight excluding hydrogens is 474 g/mol. The number of piperidine rings is 1. The van der Waals surface area contributed by atoms with E-state index in [2.05, 4.69) is 17.6 Å². The first-order valence-electron chi connectivity index (χ1n) is 9.84. The highest BCUT2D eigenvalue weighted by molar-refractivity contribution is 7.91. The van der Waals surface area contributed by atoms with Crippen LogP contribution in [0.4, 0.5) is 0 Å². The zero-order chi connectivity index (χ0) is 22.2. The molecule has 0 spiro atoms. The minimum absolute atomic E-state index is 0.131. The molecule has 0 aliphatic carbocycles. The van der Waals surface area contributed by atoms with Crippen molar-refractivity contribution in [2.45, 2.75) is 30.5 Å². The van der Waals surface area contributed by atoms with Gasteiger partial charge in [0.15, 0.2) is 4.80 Å². The second-order valence-corrected chi connectivity index (χ2v) is 12.4. The molecule has 10 heteroatoms. The molecule has 2 aromatic heterocycles. The van der Waals surface area contributed by atoms with E-state index in [0.29, 0.717) is 35.1 Å². The molecule has 1 unspecified atom stereocenters. The average molecular weight is 496 g/mol. The molecule has 1 aliphatic heterocycles. The molecule has 1 amide bonds. The first-order chi connectivity index (χ1) is 14.8. The lowest BCUT2D eigenvalue weighted by molar-refractivity contribution is -0.122. The summed E-state index contributed by atoms with van der Waals surface area (Å²) in [7, 11) is -3.66. The maximum absolute atomic E-state index is 13.0. The van der Waals surface area contributed by atoms with Crippen molar-refractivity contribution in [3.8, 4) is 0 Å². The lowest BCUT2D eigenvalue weighted by atomic mass is 9.99. The molecule has 1 atom stereocenters. The summed E-state index contributed by atoms with van der Waals surface area (Å²) in [4.78, 5) is 18.1. The fourth-order valence-corrected chi connectivity index (χ4v) is 7.99. The molecular formula is C21H22ClN3O3S3. The standard InChI is InChI=1S/C21H22ClN3O3S3/c1-3-10-25-16-7-6-14(2)12-17(16)29-21(25)23-20(26)15-5-4-11-24(13-15)31(27,28)19-9-8-18(22)30-19/h3,6-9,12,15H,1,4-5,10-11,13H2,2H3. The molecule has 1 fully saturated rings. The number of carbonyl (C=O) groups excluding carboxylic acids is 1. The molecule has 3 heterocycles. The largest absolute Gasteiger partial charge is 0.313 e. The quantitative estimate of drug-likeness (QED) is 0.491. The highest BCUT2D eigenvalue weighted by Gasteiger charge is 2.34. The van der Waals surface area contributed by atoms with Crippen LogP contribution in [-0.2, 0) is 21.4 Å². The van der Waals surface area contributed by atoms with Crippen LogP contribution in [0.15, 0.2) is 52.2 Å². The van der Waals surface area contributed by atoms with E-state index in [-0.39, 0.29) is 16.7 Å². The fraction of sp³-hybridized carbons (Fsp3) is 0.333. The van der Waals surface area contributed by atoms with Gasteiger partial charge < -0.3 is 4.57 Å². The van der Waals surface area contributed by atoms with Crippen LogP contribution in [0.3, 0.4) is 0 Å². The SMILES string of the molecule is C=CCn1c(=NC(=O)C2CCCN(S(=O)(=O)c3ccc(Cl)s3)C2)sc2cc(C)ccc21. The third-order valence-electron chi connectivity index (χ3n) is 5.23. The van der Waals surface area contributed by atoms with E-state index >= 15 is 0 Å². The number of sulfonamides is 1. The molecule has 1 aromatic carbocycles. The van der Waals surface area contributed by atoms with Gasteiger partial charge in [0.2, 0.25) is 0 Å². The summed E-state index contributed by atoms with van der Waals surface area (Å²) in [5, 5.41) is 0. The van der Waals surface area contributed by atoms with Gasteiger partial charge in [-0.1, -0.05) is 35.1 Å². The van der Waals surface area contributed by atoms with Crippen molar-refractivity contribution in [3.05, 3.63) is 57.7 Å². The molecule has 164 valence electrons. The molecule has 0 saturated carbocycles. The minimum atomic E-state index is -3.66. The Hall–Kier alpha value is -1.78. The normalized spacial score (nSPS) is 18.5. The Morgan fingerprint density at radius 1 is 1.32 bits per heavy atom. The first kappa shape index (κ1) is 22.4. The van der Waals surface area contributed by atoms with Crippen molar-refractivity contribution >= 4 is 60.4 Å². The highest BCUT2D eigenvalue weighted by atomic mass is 35.5. The van der Waals surface area contributed by atoms with Gasteiger partial charge in [-0.2, -0.15) is 9.30 Å². The van der Waals surface area contributed by atoms with Crippen molar-refractivity contribution in [3.63, 3.8) is 0 Å². The van der Waals surface area contributed by atoms with Crippen molar-refractivity contribution < 1.29 is 13.2 Å². The van der Waals surface area contributed by atoms with Crippen LogP contribution in [0, 0.1) is 12.8 Å². The molecule has 0 N–H and O–H groups in total. The summed E-state index contributed by atoms with van der Waals surface area (Å²) in [5.74, 6) is -0.756. The van der Waals surface area contributed by atoms with Gasteiger partial charge in [0.25, 0.3) is 15.9 Å². The summed E-state index contributed by atoms with van der Waals surface area (Å²) in [6.07, 6.45) is 3.00. The number of amides is 1. The maximum atomic E-state index is 13.0. The Kier molecular flexibility index (Phi) is 6.50. The summed E-state index contributed by atoms with van der Waals surface area (Å²) in [5.41, 5.74) is 2.14. The van der Waals surface area contributed by atoms with E-state index in [4.69, 9.17) is 11.6 Å². The van der Waals surface area contributed by atoms with Gasteiger partial charge in [-0.15, -0.1) is 17.9 Å². The molecule has 1 aliphatic rings. The molecule has 4 rings (SSSR count). The van der Waals surface area contributed by atoms with Crippen LogP contribution in [0.5, 0.6) is 0 Å². The van der Waals surface area contributed by atoms with Gasteiger partial charge in [0.1, 0.15) is 4.21 Å². The second-order valence-electron chi connectivity index (χ2n) is 7.47. The number of fused-ring (bicyclic) bond motifs is 1.